The summed E-state index contributed by atoms with van der Waals surface area (Å²) in [6.07, 6.45) is 0. The van der Waals surface area contributed by atoms with Gasteiger partial charge in [0.15, 0.2) is 0 Å². The fourth-order valence-corrected chi connectivity index (χ4v) is 0. The van der Waals surface area contributed by atoms with Crippen LogP contribution < -0.4 is 5.11 Å². The van der Waals surface area contributed by atoms with Crippen molar-refractivity contribution in [2.24, 2.45) is 0 Å². The number of aliphatic carboxylic acids is 1. The summed E-state index contributed by atoms with van der Waals surface area (Å²) in [7, 11) is 0. The van der Waals surface area contributed by atoms with Gasteiger partial charge in [-0.2, -0.15) is 0 Å². The van der Waals surface area contributed by atoms with Crippen LogP contribution in [0.25, 0.3) is 0 Å². The summed E-state index contributed by atoms with van der Waals surface area (Å²) in [4.78, 5) is 8.89. The van der Waals surface area contributed by atoms with Crippen LogP contribution in [0.3, 0.4) is 0 Å². The van der Waals surface area contributed by atoms with E-state index in [-0.39, 0.29) is 22.8 Å². The summed E-state index contributed by atoms with van der Waals surface area (Å²) in [6.45, 7) is 0.972. The SMILES string of the molecule is CC(=O)[O-].[Al+3].[OH-]. The van der Waals surface area contributed by atoms with Crippen LogP contribution in [0.15, 0.2) is 0 Å². The van der Waals surface area contributed by atoms with Gasteiger partial charge in [0.25, 0.3) is 0 Å². The number of hydrogen-bond acceptors (Lipinski definition) is 3. The Labute approximate surface area is 46.4 Å². The summed E-state index contributed by atoms with van der Waals surface area (Å²) < 4.78 is 0. The first-order chi connectivity index (χ1) is 1.73. The van der Waals surface area contributed by atoms with Gasteiger partial charge in [-0.3, -0.25) is 0 Å². The molecule has 0 saturated carbocycles. The molecule has 0 atom stereocenters. The largest absolute Gasteiger partial charge is 3.00 e. The van der Waals surface area contributed by atoms with E-state index in [1.165, 1.54) is 0 Å². The molecular weight excluding hydrogens is 99.0 g/mol. The molecule has 0 aromatic heterocycles. The molecule has 0 aromatic rings. The molecule has 32 valence electrons. The standard InChI is InChI=1S/C2H4O2.Al.H2O/c1-2(3)4;;/h1H3,(H,3,4);;1H2/q;+3;/p-2. The Morgan fingerprint density at radius 1 is 1.67 bits per heavy atom. The topological polar surface area (TPSA) is 70.1 Å². The first-order valence-corrected chi connectivity index (χ1v) is 0.908. The Hall–Kier alpha value is -0.0375. The maximum Gasteiger partial charge on any atom is 3.00 e. The second-order valence-electron chi connectivity index (χ2n) is 0.492. The second kappa shape index (κ2) is 8.88. The summed E-state index contributed by atoms with van der Waals surface area (Å²) in [5.74, 6) is -1.08. The summed E-state index contributed by atoms with van der Waals surface area (Å²) in [6, 6.07) is 0. The molecule has 0 aliphatic carbocycles. The van der Waals surface area contributed by atoms with Gasteiger partial charge in [0.2, 0.25) is 0 Å². The van der Waals surface area contributed by atoms with E-state index in [2.05, 4.69) is 0 Å². The maximum absolute atomic E-state index is 8.89. The van der Waals surface area contributed by atoms with Gasteiger partial charge >= 0.3 is 17.4 Å². The third-order valence-corrected chi connectivity index (χ3v) is 0. The van der Waals surface area contributed by atoms with E-state index >= 15 is 0 Å². The van der Waals surface area contributed by atoms with Crippen molar-refractivity contribution in [1.82, 2.24) is 0 Å². The minimum atomic E-state index is -1.08. The van der Waals surface area contributed by atoms with Gasteiger partial charge in [-0.15, -0.1) is 0 Å². The number of carbonyl (C=O) groups excluding carboxylic acids is 1. The van der Waals surface area contributed by atoms with Crippen LogP contribution in [-0.4, -0.2) is 28.8 Å². The fourth-order valence-electron chi connectivity index (χ4n) is 0. The van der Waals surface area contributed by atoms with Crippen molar-refractivity contribution in [3.05, 3.63) is 0 Å². The number of rotatable bonds is 0. The first-order valence-electron chi connectivity index (χ1n) is 0.908. The van der Waals surface area contributed by atoms with E-state index < -0.39 is 5.97 Å². The van der Waals surface area contributed by atoms with Gasteiger partial charge in [0.05, 0.1) is 0 Å². The van der Waals surface area contributed by atoms with E-state index in [4.69, 9.17) is 9.90 Å². The summed E-state index contributed by atoms with van der Waals surface area (Å²) in [5.41, 5.74) is 0. The zero-order valence-corrected chi connectivity index (χ0v) is 4.50. The van der Waals surface area contributed by atoms with Crippen LogP contribution in [0.5, 0.6) is 0 Å². The molecule has 0 unspecified atom stereocenters. The fraction of sp³-hybridized carbons (Fsp3) is 0.500. The Bertz CT molecular complexity index is 31.8. The van der Waals surface area contributed by atoms with Crippen LogP contribution in [-0.2, 0) is 4.79 Å². The van der Waals surface area contributed by atoms with Crippen molar-refractivity contribution in [3.8, 4) is 0 Å². The molecule has 0 bridgehead atoms. The van der Waals surface area contributed by atoms with Crippen LogP contribution in [0, 0.1) is 0 Å². The third-order valence-electron chi connectivity index (χ3n) is 0. The molecule has 6 heavy (non-hydrogen) atoms. The van der Waals surface area contributed by atoms with Gasteiger partial charge in [-0.25, -0.2) is 0 Å². The summed E-state index contributed by atoms with van der Waals surface area (Å²) in [5, 5.41) is 8.89. The predicted octanol–water partition coefficient (Wildman–Crippen LogP) is -1.80. The molecule has 3 nitrogen and oxygen atoms in total. The monoisotopic (exact) mass is 103 g/mol. The number of carbonyl (C=O) groups is 1. The molecule has 0 aliphatic heterocycles. The normalized spacial score (nSPS) is 4.17. The smallest absolute Gasteiger partial charge is 0.870 e. The van der Waals surface area contributed by atoms with Crippen molar-refractivity contribution < 1.29 is 15.4 Å². The van der Waals surface area contributed by atoms with Crippen molar-refractivity contribution in [2.45, 2.75) is 6.92 Å². The average Bonchev–Trinajstić information content (AvgIpc) is 0.811. The van der Waals surface area contributed by atoms with Gasteiger partial charge in [0.1, 0.15) is 0 Å². The molecule has 0 fully saturated rings. The number of carboxylic acid groups (broad SMARTS) is 1. The summed E-state index contributed by atoms with van der Waals surface area (Å²) >= 11 is 0. The molecule has 0 heterocycles. The van der Waals surface area contributed by atoms with Gasteiger partial charge in [-0.05, 0) is 6.92 Å². The van der Waals surface area contributed by atoms with Crippen LogP contribution in [0.2, 0.25) is 0 Å². The van der Waals surface area contributed by atoms with Crippen LogP contribution in [0.4, 0.5) is 0 Å². The molecule has 0 saturated heterocycles. The van der Waals surface area contributed by atoms with Crippen molar-refractivity contribution in [3.63, 3.8) is 0 Å². The van der Waals surface area contributed by atoms with Crippen molar-refractivity contribution in [2.75, 3.05) is 0 Å². The molecule has 0 rings (SSSR count). The molecule has 4 heteroatoms. The average molecular weight is 103 g/mol. The first kappa shape index (κ1) is 16.7. The Kier molecular flexibility index (Phi) is 24.8. The number of carboxylic acids is 1. The Balaban J connectivity index is -0.0000000450. The molecular formula is C2H4AlO3+. The molecule has 0 spiro atoms. The molecule has 0 radical (unpaired) electrons. The van der Waals surface area contributed by atoms with Gasteiger partial charge in [0, 0.05) is 5.97 Å². The molecule has 1 N–H and O–H groups in total. The minimum absolute atomic E-state index is 0. The van der Waals surface area contributed by atoms with E-state index in [0.29, 0.717) is 0 Å². The second-order valence-corrected chi connectivity index (χ2v) is 0.492. The van der Waals surface area contributed by atoms with E-state index in [9.17, 15) is 0 Å². The van der Waals surface area contributed by atoms with E-state index in [1.54, 1.807) is 0 Å². The zero-order chi connectivity index (χ0) is 3.58. The predicted molar refractivity (Wildman–Crippen MR) is 18.4 cm³/mol. The van der Waals surface area contributed by atoms with Gasteiger partial charge in [-0.1, -0.05) is 0 Å². The quantitative estimate of drug-likeness (QED) is 0.339. The van der Waals surface area contributed by atoms with Crippen molar-refractivity contribution in [1.29, 1.82) is 0 Å². The van der Waals surface area contributed by atoms with Crippen LogP contribution >= 0.6 is 0 Å². The molecule has 0 aromatic carbocycles. The zero-order valence-electron chi connectivity index (χ0n) is 3.34. The van der Waals surface area contributed by atoms with Crippen molar-refractivity contribution >= 4 is 23.3 Å². The molecule has 0 amide bonds. The van der Waals surface area contributed by atoms with E-state index in [0.717, 1.165) is 6.92 Å². The third kappa shape index (κ3) is 24700. The minimum Gasteiger partial charge on any atom is -0.870 e. The Morgan fingerprint density at radius 2 is 1.67 bits per heavy atom. The maximum atomic E-state index is 8.89. The van der Waals surface area contributed by atoms with E-state index in [1.807, 2.05) is 0 Å². The van der Waals surface area contributed by atoms with Gasteiger partial charge < -0.3 is 15.4 Å². The Morgan fingerprint density at radius 3 is 1.67 bits per heavy atom. The molecule has 0 aliphatic rings. The number of hydrogen-bond donors (Lipinski definition) is 0. The van der Waals surface area contributed by atoms with Crippen LogP contribution in [0.1, 0.15) is 6.92 Å².